The molecule has 1 amide bonds. The van der Waals surface area contributed by atoms with Crippen molar-refractivity contribution in [1.82, 2.24) is 14.9 Å². The quantitative estimate of drug-likeness (QED) is 0.289. The lowest BCUT2D eigenvalue weighted by Crippen LogP contribution is -2.38. The molecule has 39 heavy (non-hydrogen) atoms. The molecule has 2 heterocycles. The molecule has 0 saturated carbocycles. The molecule has 10 heteroatoms. The molecule has 200 valence electrons. The van der Waals surface area contributed by atoms with Crippen LogP contribution in [-0.2, 0) is 9.53 Å². The van der Waals surface area contributed by atoms with Gasteiger partial charge in [0, 0.05) is 36.8 Å². The highest BCUT2D eigenvalue weighted by molar-refractivity contribution is 6.03. The maximum absolute atomic E-state index is 14.4. The van der Waals surface area contributed by atoms with E-state index in [1.165, 1.54) is 30.6 Å². The highest BCUT2D eigenvalue weighted by Crippen LogP contribution is 2.34. The van der Waals surface area contributed by atoms with Crippen LogP contribution in [0, 0.1) is 11.6 Å². The van der Waals surface area contributed by atoms with Crippen molar-refractivity contribution >= 4 is 34.0 Å². The van der Waals surface area contributed by atoms with E-state index in [1.807, 2.05) is 0 Å². The SMILES string of the molecule is C=CC(=O)Nc1cc2c(Nc3cccc(-c4c(F)cccc4F)c3)ncnc2cc1OCCN1CCOCC1. The van der Waals surface area contributed by atoms with Crippen molar-refractivity contribution in [3.63, 3.8) is 0 Å². The predicted octanol–water partition coefficient (Wildman–Crippen LogP) is 5.15. The summed E-state index contributed by atoms with van der Waals surface area (Å²) in [5.41, 5.74) is 1.86. The number of amides is 1. The maximum Gasteiger partial charge on any atom is 0.247 e. The van der Waals surface area contributed by atoms with Crippen molar-refractivity contribution in [2.24, 2.45) is 0 Å². The lowest BCUT2D eigenvalue weighted by atomic mass is 10.0. The van der Waals surface area contributed by atoms with E-state index < -0.39 is 17.5 Å². The Balaban J connectivity index is 1.44. The van der Waals surface area contributed by atoms with Crippen LogP contribution in [0.25, 0.3) is 22.0 Å². The molecule has 1 saturated heterocycles. The zero-order chi connectivity index (χ0) is 27.2. The van der Waals surface area contributed by atoms with Crippen LogP contribution >= 0.6 is 0 Å². The molecule has 3 aromatic carbocycles. The van der Waals surface area contributed by atoms with Crippen LogP contribution in [0.3, 0.4) is 0 Å². The molecule has 1 fully saturated rings. The van der Waals surface area contributed by atoms with Gasteiger partial charge in [0.05, 0.1) is 30.0 Å². The lowest BCUT2D eigenvalue weighted by Gasteiger charge is -2.26. The molecule has 1 aliphatic heterocycles. The van der Waals surface area contributed by atoms with Crippen molar-refractivity contribution in [3.8, 4) is 16.9 Å². The number of nitrogens with zero attached hydrogens (tertiary/aromatic N) is 3. The minimum Gasteiger partial charge on any atom is -0.490 e. The third-order valence-electron chi connectivity index (χ3n) is 6.33. The zero-order valence-corrected chi connectivity index (χ0v) is 21.1. The summed E-state index contributed by atoms with van der Waals surface area (Å²) in [6.45, 7) is 7.73. The first kappa shape index (κ1) is 26.2. The van der Waals surface area contributed by atoms with Gasteiger partial charge in [-0.25, -0.2) is 18.7 Å². The second-order valence-corrected chi connectivity index (χ2v) is 8.89. The first-order valence-corrected chi connectivity index (χ1v) is 12.5. The number of anilines is 3. The van der Waals surface area contributed by atoms with Gasteiger partial charge >= 0.3 is 0 Å². The molecule has 0 atom stereocenters. The Morgan fingerprint density at radius 2 is 1.85 bits per heavy atom. The number of ether oxygens (including phenoxy) is 2. The van der Waals surface area contributed by atoms with Crippen LogP contribution < -0.4 is 15.4 Å². The van der Waals surface area contributed by atoms with Gasteiger partial charge in [-0.2, -0.15) is 0 Å². The topological polar surface area (TPSA) is 88.6 Å². The zero-order valence-electron chi connectivity index (χ0n) is 21.1. The largest absolute Gasteiger partial charge is 0.490 e. The molecule has 4 aromatic rings. The van der Waals surface area contributed by atoms with Crippen molar-refractivity contribution in [2.45, 2.75) is 0 Å². The van der Waals surface area contributed by atoms with E-state index in [1.54, 1.807) is 36.4 Å². The van der Waals surface area contributed by atoms with Crippen LogP contribution in [-0.4, -0.2) is 60.2 Å². The monoisotopic (exact) mass is 531 g/mol. The number of benzene rings is 3. The molecule has 0 bridgehead atoms. The fourth-order valence-corrected chi connectivity index (χ4v) is 4.36. The summed E-state index contributed by atoms with van der Waals surface area (Å²) in [6.07, 6.45) is 2.58. The van der Waals surface area contributed by atoms with Gasteiger partial charge in [0.1, 0.15) is 36.1 Å². The van der Waals surface area contributed by atoms with Crippen molar-refractivity contribution < 1.29 is 23.0 Å². The highest BCUT2D eigenvalue weighted by Gasteiger charge is 2.16. The van der Waals surface area contributed by atoms with Gasteiger partial charge < -0.3 is 20.1 Å². The van der Waals surface area contributed by atoms with Crippen LogP contribution in [0.5, 0.6) is 5.75 Å². The first-order chi connectivity index (χ1) is 19.0. The molecule has 8 nitrogen and oxygen atoms in total. The van der Waals surface area contributed by atoms with Gasteiger partial charge in [0.15, 0.2) is 0 Å². The number of hydrogen-bond donors (Lipinski definition) is 2. The number of halogens is 2. The van der Waals surface area contributed by atoms with E-state index in [9.17, 15) is 13.6 Å². The minimum atomic E-state index is -0.650. The van der Waals surface area contributed by atoms with Gasteiger partial charge in [0.25, 0.3) is 0 Å². The van der Waals surface area contributed by atoms with E-state index >= 15 is 0 Å². The molecule has 2 N–H and O–H groups in total. The second kappa shape index (κ2) is 12.0. The number of hydrogen-bond acceptors (Lipinski definition) is 7. The summed E-state index contributed by atoms with van der Waals surface area (Å²) in [7, 11) is 0. The number of carbonyl (C=O) groups excluding carboxylic acids is 1. The van der Waals surface area contributed by atoms with Crippen LogP contribution in [0.1, 0.15) is 0 Å². The molecule has 1 aliphatic rings. The molecule has 0 spiro atoms. The number of nitrogens with one attached hydrogen (secondary N) is 2. The fourth-order valence-electron chi connectivity index (χ4n) is 4.36. The number of rotatable bonds is 9. The van der Waals surface area contributed by atoms with Crippen LogP contribution in [0.4, 0.5) is 26.0 Å². The van der Waals surface area contributed by atoms with E-state index in [-0.39, 0.29) is 5.56 Å². The Hall–Kier alpha value is -4.41. The molecular formula is C29H27F2N5O3. The van der Waals surface area contributed by atoms with E-state index in [4.69, 9.17) is 9.47 Å². The number of morpholine rings is 1. The van der Waals surface area contributed by atoms with Gasteiger partial charge in [-0.1, -0.05) is 24.8 Å². The Labute approximate surface area is 224 Å². The number of fused-ring (bicyclic) bond motifs is 1. The third-order valence-corrected chi connectivity index (χ3v) is 6.33. The molecule has 0 radical (unpaired) electrons. The average molecular weight is 532 g/mol. The summed E-state index contributed by atoms with van der Waals surface area (Å²) in [4.78, 5) is 23.2. The Bertz CT molecular complexity index is 1490. The molecule has 5 rings (SSSR count). The Morgan fingerprint density at radius 3 is 2.62 bits per heavy atom. The van der Waals surface area contributed by atoms with E-state index in [2.05, 4.69) is 32.1 Å². The summed E-state index contributed by atoms with van der Waals surface area (Å²) >= 11 is 0. The number of aromatic nitrogens is 2. The van der Waals surface area contributed by atoms with Gasteiger partial charge in [0.2, 0.25) is 5.91 Å². The third kappa shape index (κ3) is 6.19. The molecule has 0 aliphatic carbocycles. The molecule has 1 aromatic heterocycles. The molecular weight excluding hydrogens is 504 g/mol. The van der Waals surface area contributed by atoms with Crippen LogP contribution in [0.2, 0.25) is 0 Å². The second-order valence-electron chi connectivity index (χ2n) is 8.89. The van der Waals surface area contributed by atoms with E-state index in [0.29, 0.717) is 65.8 Å². The molecule has 0 unspecified atom stereocenters. The summed E-state index contributed by atoms with van der Waals surface area (Å²) in [5.74, 6) is -0.780. The summed E-state index contributed by atoms with van der Waals surface area (Å²) in [6, 6.07) is 14.0. The smallest absolute Gasteiger partial charge is 0.247 e. The van der Waals surface area contributed by atoms with Crippen molar-refractivity contribution in [2.75, 3.05) is 50.1 Å². The highest BCUT2D eigenvalue weighted by atomic mass is 19.1. The summed E-state index contributed by atoms with van der Waals surface area (Å²) in [5, 5.41) is 6.61. The average Bonchev–Trinajstić information content (AvgIpc) is 2.94. The minimum absolute atomic E-state index is 0.109. The van der Waals surface area contributed by atoms with Gasteiger partial charge in [-0.3, -0.25) is 9.69 Å². The van der Waals surface area contributed by atoms with Crippen molar-refractivity contribution in [1.29, 1.82) is 0 Å². The normalized spacial score (nSPS) is 13.7. The maximum atomic E-state index is 14.4. The summed E-state index contributed by atoms with van der Waals surface area (Å²) < 4.78 is 40.2. The van der Waals surface area contributed by atoms with E-state index in [0.717, 1.165) is 13.1 Å². The lowest BCUT2D eigenvalue weighted by molar-refractivity contribution is -0.111. The Kier molecular flexibility index (Phi) is 8.04. The van der Waals surface area contributed by atoms with Gasteiger partial charge in [-0.15, -0.1) is 0 Å². The standard InChI is InChI=1S/C29H27F2N5O3/c1-2-27(37)35-25-16-21-24(17-26(25)39-14-11-36-9-12-38-13-10-36)32-18-33-29(21)34-20-6-3-5-19(15-20)28-22(30)7-4-8-23(28)31/h2-8,15-18H,1,9-14H2,(H,35,37)(H,32,33,34). The Morgan fingerprint density at radius 1 is 1.08 bits per heavy atom. The van der Waals surface area contributed by atoms with Gasteiger partial charge in [-0.05, 0) is 42.0 Å². The van der Waals surface area contributed by atoms with Crippen molar-refractivity contribution in [3.05, 3.63) is 85.2 Å². The van der Waals surface area contributed by atoms with Crippen LogP contribution in [0.15, 0.2) is 73.6 Å². The number of carbonyl (C=O) groups is 1. The first-order valence-electron chi connectivity index (χ1n) is 12.5. The fraction of sp³-hybridized carbons (Fsp3) is 0.207. The predicted molar refractivity (Wildman–Crippen MR) is 146 cm³/mol.